The average molecular weight is 213 g/mol. The van der Waals surface area contributed by atoms with Crippen LogP contribution in [0.3, 0.4) is 0 Å². The fourth-order valence-corrected chi connectivity index (χ4v) is 1.39. The van der Waals surface area contributed by atoms with E-state index in [2.05, 4.69) is 29.8 Å². The Morgan fingerprint density at radius 3 is 2.57 bits per heavy atom. The number of thiol groups is 1. The largest absolute Gasteiger partial charge is 0.338 e. The van der Waals surface area contributed by atoms with Gasteiger partial charge >= 0.3 is 0 Å². The van der Waals surface area contributed by atoms with Crippen LogP contribution in [0.25, 0.3) is 0 Å². The summed E-state index contributed by atoms with van der Waals surface area (Å²) in [7, 11) is 0. The Balaban J connectivity index is 3.93. The smallest absolute Gasteiger partial charge is 0.296 e. The van der Waals surface area contributed by atoms with E-state index in [1.807, 2.05) is 6.92 Å². The Bertz CT molecular complexity index is 261. The van der Waals surface area contributed by atoms with Gasteiger partial charge in [-0.1, -0.05) is 12.8 Å². The molecule has 1 unspecified atom stereocenters. The number of ketones is 1. The van der Waals surface area contributed by atoms with Crippen molar-refractivity contribution in [2.75, 3.05) is 12.3 Å². The van der Waals surface area contributed by atoms with Crippen LogP contribution in [0.4, 0.5) is 0 Å². The molecule has 0 aliphatic carbocycles. The molecule has 1 atom stereocenters. The van der Waals surface area contributed by atoms with Crippen LogP contribution in [0.2, 0.25) is 0 Å². The Morgan fingerprint density at radius 1 is 1.50 bits per heavy atom. The fourth-order valence-electron chi connectivity index (χ4n) is 0.928. The standard InChI is InChI=1S/C10H15NO2S/c1-3-5-10(13)11-6-9(12)8(4-2)7-14/h8,14H,4,6-7H2,1-2H3,(H,11,13). The molecule has 0 aromatic rings. The summed E-state index contributed by atoms with van der Waals surface area (Å²) >= 11 is 4.06. The van der Waals surface area contributed by atoms with E-state index in [1.165, 1.54) is 0 Å². The normalized spacial score (nSPS) is 11.1. The van der Waals surface area contributed by atoms with E-state index in [0.29, 0.717) is 5.75 Å². The van der Waals surface area contributed by atoms with Gasteiger partial charge in [-0.25, -0.2) is 0 Å². The monoisotopic (exact) mass is 213 g/mol. The van der Waals surface area contributed by atoms with Crippen molar-refractivity contribution in [1.29, 1.82) is 0 Å². The molecule has 78 valence electrons. The van der Waals surface area contributed by atoms with Crippen LogP contribution in [0, 0.1) is 17.8 Å². The van der Waals surface area contributed by atoms with Crippen LogP contribution in [0.5, 0.6) is 0 Å². The van der Waals surface area contributed by atoms with Crippen molar-refractivity contribution in [3.8, 4) is 11.8 Å². The van der Waals surface area contributed by atoms with Crippen molar-refractivity contribution >= 4 is 24.3 Å². The number of carbonyl (C=O) groups excluding carboxylic acids is 2. The molecule has 0 aromatic heterocycles. The first-order chi connectivity index (χ1) is 6.65. The summed E-state index contributed by atoms with van der Waals surface area (Å²) in [6, 6.07) is 0. The highest BCUT2D eigenvalue weighted by atomic mass is 32.1. The van der Waals surface area contributed by atoms with Gasteiger partial charge in [0.25, 0.3) is 5.91 Å². The average Bonchev–Trinajstić information content (AvgIpc) is 2.17. The molecule has 0 radical (unpaired) electrons. The third kappa shape index (κ3) is 4.93. The van der Waals surface area contributed by atoms with Crippen LogP contribution in [-0.2, 0) is 9.59 Å². The first-order valence-electron chi connectivity index (χ1n) is 4.49. The van der Waals surface area contributed by atoms with E-state index in [0.717, 1.165) is 6.42 Å². The minimum Gasteiger partial charge on any atom is -0.338 e. The van der Waals surface area contributed by atoms with Gasteiger partial charge in [-0.15, -0.1) is 0 Å². The summed E-state index contributed by atoms with van der Waals surface area (Å²) in [5.74, 6) is 4.81. The zero-order chi connectivity index (χ0) is 11.0. The molecule has 0 aromatic carbocycles. The van der Waals surface area contributed by atoms with Crippen LogP contribution >= 0.6 is 12.6 Å². The molecule has 0 spiro atoms. The highest BCUT2D eigenvalue weighted by Gasteiger charge is 2.14. The minimum absolute atomic E-state index is 0.00810. The van der Waals surface area contributed by atoms with E-state index >= 15 is 0 Å². The van der Waals surface area contributed by atoms with Gasteiger partial charge in [-0.2, -0.15) is 12.6 Å². The summed E-state index contributed by atoms with van der Waals surface area (Å²) in [5.41, 5.74) is 0. The number of hydrogen-bond acceptors (Lipinski definition) is 3. The van der Waals surface area contributed by atoms with Gasteiger partial charge in [-0.05, 0) is 19.3 Å². The maximum Gasteiger partial charge on any atom is 0.296 e. The van der Waals surface area contributed by atoms with Gasteiger partial charge < -0.3 is 5.32 Å². The maximum absolute atomic E-state index is 11.4. The van der Waals surface area contributed by atoms with Crippen molar-refractivity contribution in [3.63, 3.8) is 0 Å². The molecular formula is C10H15NO2S. The minimum atomic E-state index is -0.408. The predicted molar refractivity (Wildman–Crippen MR) is 59.1 cm³/mol. The van der Waals surface area contributed by atoms with E-state index < -0.39 is 5.91 Å². The van der Waals surface area contributed by atoms with Crippen molar-refractivity contribution in [2.24, 2.45) is 5.92 Å². The summed E-state index contributed by atoms with van der Waals surface area (Å²) in [6.45, 7) is 3.54. The molecule has 3 nitrogen and oxygen atoms in total. The summed E-state index contributed by atoms with van der Waals surface area (Å²) in [5, 5.41) is 2.44. The first-order valence-corrected chi connectivity index (χ1v) is 5.13. The lowest BCUT2D eigenvalue weighted by molar-refractivity contribution is -0.124. The van der Waals surface area contributed by atoms with E-state index in [9.17, 15) is 9.59 Å². The third-order valence-corrected chi connectivity index (χ3v) is 2.27. The summed E-state index contributed by atoms with van der Waals surface area (Å²) in [4.78, 5) is 22.3. The maximum atomic E-state index is 11.4. The molecule has 0 rings (SSSR count). The SMILES string of the molecule is CC#CC(=O)NCC(=O)C(CC)CS. The second-order valence-electron chi connectivity index (χ2n) is 2.81. The van der Waals surface area contributed by atoms with Crippen LogP contribution < -0.4 is 5.32 Å². The summed E-state index contributed by atoms with van der Waals surface area (Å²) in [6.07, 6.45) is 0.748. The molecule has 4 heteroatoms. The number of hydrogen-bond donors (Lipinski definition) is 2. The lowest BCUT2D eigenvalue weighted by atomic mass is 10.0. The molecule has 0 bridgehead atoms. The molecule has 1 amide bonds. The van der Waals surface area contributed by atoms with Gasteiger partial charge in [0, 0.05) is 11.7 Å². The molecule has 0 saturated carbocycles. The number of nitrogens with one attached hydrogen (secondary N) is 1. The van der Waals surface area contributed by atoms with Gasteiger partial charge in [-0.3, -0.25) is 9.59 Å². The quantitative estimate of drug-likeness (QED) is 0.520. The third-order valence-electron chi connectivity index (χ3n) is 1.83. The molecule has 0 aliphatic rings. The Hall–Kier alpha value is -0.950. The number of rotatable bonds is 5. The Kier molecular flexibility index (Phi) is 6.95. The van der Waals surface area contributed by atoms with Gasteiger partial charge in [0.15, 0.2) is 5.78 Å². The number of amides is 1. The van der Waals surface area contributed by atoms with Crippen LogP contribution in [0.1, 0.15) is 20.3 Å². The lowest BCUT2D eigenvalue weighted by Crippen LogP contribution is -2.32. The van der Waals surface area contributed by atoms with Crippen molar-refractivity contribution in [1.82, 2.24) is 5.32 Å². The molecule has 1 N–H and O–H groups in total. The van der Waals surface area contributed by atoms with Crippen molar-refractivity contribution in [3.05, 3.63) is 0 Å². The van der Waals surface area contributed by atoms with Crippen LogP contribution in [0.15, 0.2) is 0 Å². The zero-order valence-corrected chi connectivity index (χ0v) is 9.36. The second-order valence-corrected chi connectivity index (χ2v) is 3.18. The topological polar surface area (TPSA) is 46.2 Å². The highest BCUT2D eigenvalue weighted by Crippen LogP contribution is 2.05. The molecule has 0 aliphatic heterocycles. The zero-order valence-electron chi connectivity index (χ0n) is 8.46. The molecule has 0 heterocycles. The predicted octanol–water partition coefficient (Wildman–Crippen LogP) is 0.651. The van der Waals surface area contributed by atoms with E-state index in [1.54, 1.807) is 6.92 Å². The molecular weight excluding hydrogens is 198 g/mol. The first kappa shape index (κ1) is 13.1. The molecule has 0 saturated heterocycles. The van der Waals surface area contributed by atoms with Crippen molar-refractivity contribution in [2.45, 2.75) is 20.3 Å². The Labute approximate surface area is 90.1 Å². The van der Waals surface area contributed by atoms with Gasteiger partial charge in [0.05, 0.1) is 6.54 Å². The molecule has 14 heavy (non-hydrogen) atoms. The fraction of sp³-hybridized carbons (Fsp3) is 0.600. The van der Waals surface area contributed by atoms with Gasteiger partial charge in [0.1, 0.15) is 0 Å². The Morgan fingerprint density at radius 2 is 2.14 bits per heavy atom. The van der Waals surface area contributed by atoms with E-state index in [4.69, 9.17) is 0 Å². The lowest BCUT2D eigenvalue weighted by Gasteiger charge is -2.09. The van der Waals surface area contributed by atoms with Crippen molar-refractivity contribution < 1.29 is 9.59 Å². The second kappa shape index (κ2) is 7.45. The highest BCUT2D eigenvalue weighted by molar-refractivity contribution is 7.80. The van der Waals surface area contributed by atoms with Crippen LogP contribution in [-0.4, -0.2) is 24.0 Å². The number of Topliss-reactive ketones (excluding diaryl/α,β-unsaturated/α-hetero) is 1. The number of carbonyl (C=O) groups is 2. The molecule has 0 fully saturated rings. The summed E-state index contributed by atoms with van der Waals surface area (Å²) < 4.78 is 0. The van der Waals surface area contributed by atoms with E-state index in [-0.39, 0.29) is 18.2 Å². The van der Waals surface area contributed by atoms with Gasteiger partial charge in [0.2, 0.25) is 0 Å².